The van der Waals surface area contributed by atoms with E-state index in [0.717, 1.165) is 43.5 Å². The van der Waals surface area contributed by atoms with Crippen molar-refractivity contribution >= 4 is 23.2 Å². The number of allylic oxidation sites excluding steroid dienone is 5. The quantitative estimate of drug-likeness (QED) is 0.276. The minimum absolute atomic E-state index is 0. The summed E-state index contributed by atoms with van der Waals surface area (Å²) in [6.45, 7) is 17.2. The molecule has 4 aliphatic rings. The number of rotatable bonds is 5. The fourth-order valence-electron chi connectivity index (χ4n) is 6.30. The van der Waals surface area contributed by atoms with Crippen LogP contribution in [0.5, 0.6) is 0 Å². The van der Waals surface area contributed by atoms with Crippen LogP contribution in [-0.2, 0) is 16.0 Å². The molecule has 0 spiro atoms. The van der Waals surface area contributed by atoms with Crippen molar-refractivity contribution in [3.63, 3.8) is 0 Å². The number of hydrogen-bond acceptors (Lipinski definition) is 6. The van der Waals surface area contributed by atoms with E-state index >= 15 is 0 Å². The molecular formula is C36H61N5O2. The van der Waals surface area contributed by atoms with Crippen LogP contribution in [0.1, 0.15) is 79.2 Å². The molecule has 242 valence electrons. The second-order valence-corrected chi connectivity index (χ2v) is 11.3. The highest BCUT2D eigenvalue weighted by Crippen LogP contribution is 2.40. The van der Waals surface area contributed by atoms with Gasteiger partial charge in [-0.1, -0.05) is 63.8 Å². The predicted molar refractivity (Wildman–Crippen MR) is 186 cm³/mol. The summed E-state index contributed by atoms with van der Waals surface area (Å²) < 4.78 is 0. The number of benzene rings is 1. The maximum absolute atomic E-state index is 12.4. The summed E-state index contributed by atoms with van der Waals surface area (Å²) in [6, 6.07) is 6.33. The van der Waals surface area contributed by atoms with Crippen molar-refractivity contribution < 1.29 is 9.59 Å². The van der Waals surface area contributed by atoms with Gasteiger partial charge in [-0.2, -0.15) is 0 Å². The number of carbonyl (C=O) groups excluding carboxylic acids is 2. The largest absolute Gasteiger partial charge is 0.371 e. The zero-order chi connectivity index (χ0) is 30.9. The van der Waals surface area contributed by atoms with Crippen LogP contribution in [0.4, 0.5) is 11.4 Å². The minimum atomic E-state index is -0.213. The Morgan fingerprint density at radius 1 is 0.930 bits per heavy atom. The number of imide groups is 1. The molecule has 7 heteroatoms. The van der Waals surface area contributed by atoms with E-state index in [4.69, 9.17) is 0 Å². The number of carbonyl (C=O) groups is 2. The van der Waals surface area contributed by atoms with Crippen LogP contribution >= 0.6 is 0 Å². The molecule has 1 aromatic rings. The lowest BCUT2D eigenvalue weighted by Gasteiger charge is -2.39. The molecule has 1 unspecified atom stereocenters. The molecule has 5 rings (SSSR count). The maximum atomic E-state index is 12.4. The monoisotopic (exact) mass is 595 g/mol. The second kappa shape index (κ2) is 20.9. The van der Waals surface area contributed by atoms with Crippen LogP contribution < -0.4 is 25.8 Å². The van der Waals surface area contributed by atoms with Gasteiger partial charge in [0.25, 0.3) is 0 Å². The molecule has 1 atom stereocenters. The van der Waals surface area contributed by atoms with Crippen LogP contribution in [0.3, 0.4) is 0 Å². The van der Waals surface area contributed by atoms with Gasteiger partial charge in [0.2, 0.25) is 11.8 Å². The van der Waals surface area contributed by atoms with Gasteiger partial charge in [-0.3, -0.25) is 14.9 Å². The van der Waals surface area contributed by atoms with Crippen molar-refractivity contribution in [1.82, 2.24) is 16.0 Å². The van der Waals surface area contributed by atoms with Gasteiger partial charge >= 0.3 is 0 Å². The van der Waals surface area contributed by atoms with Crippen molar-refractivity contribution in [2.75, 3.05) is 56.6 Å². The van der Waals surface area contributed by atoms with Crippen molar-refractivity contribution in [3.05, 3.63) is 60.2 Å². The molecule has 0 bridgehead atoms. The van der Waals surface area contributed by atoms with E-state index in [-0.39, 0.29) is 25.3 Å². The Hall–Kier alpha value is -2.90. The highest BCUT2D eigenvalue weighted by molar-refractivity contribution is 6.02. The first-order valence-corrected chi connectivity index (χ1v) is 16.1. The standard InChI is InChI=1S/C23H32N4O2.C8H12.C2H7N.C2H6.CH4/c28-22-5-4-21(23(29)25-22)27-15-10-18-19(2-1-3-20(18)27)26-13-8-17(9-14-26)16-6-11-24-12-7-16;1-4-5-6-7-8(2)3;1-3-2;1-2;/h1-3,16-17,21,24H,4-15H2,(H,25,28,29);4-7H,2H2,1,3H3;3H,1-2H3;1-2H3;1H4/b;5-4-,7-6-;;;. The Labute approximate surface area is 263 Å². The molecule has 3 N–H and O–H groups in total. The van der Waals surface area contributed by atoms with Gasteiger partial charge in [-0.05, 0) is 104 Å². The Morgan fingerprint density at radius 3 is 2.12 bits per heavy atom. The van der Waals surface area contributed by atoms with E-state index in [9.17, 15) is 9.59 Å². The molecule has 43 heavy (non-hydrogen) atoms. The number of piperidine rings is 3. The second-order valence-electron chi connectivity index (χ2n) is 11.3. The topological polar surface area (TPSA) is 76.7 Å². The summed E-state index contributed by atoms with van der Waals surface area (Å²) >= 11 is 0. The number of fused-ring (bicyclic) bond motifs is 1. The van der Waals surface area contributed by atoms with Gasteiger partial charge in [0.15, 0.2) is 0 Å². The molecule has 4 heterocycles. The molecule has 2 amide bonds. The van der Waals surface area contributed by atoms with Crippen LogP contribution in [-0.4, -0.2) is 64.7 Å². The molecule has 0 saturated carbocycles. The van der Waals surface area contributed by atoms with Gasteiger partial charge < -0.3 is 20.4 Å². The van der Waals surface area contributed by atoms with E-state index in [1.807, 2.05) is 66.1 Å². The van der Waals surface area contributed by atoms with E-state index in [0.29, 0.717) is 12.8 Å². The number of nitrogens with zero attached hydrogens (tertiary/aromatic N) is 2. The van der Waals surface area contributed by atoms with E-state index in [1.54, 1.807) is 0 Å². The molecule has 7 nitrogen and oxygen atoms in total. The smallest absolute Gasteiger partial charge is 0.249 e. The minimum Gasteiger partial charge on any atom is -0.371 e. The molecule has 0 radical (unpaired) electrons. The summed E-state index contributed by atoms with van der Waals surface area (Å²) in [7, 11) is 3.75. The average molecular weight is 596 g/mol. The van der Waals surface area contributed by atoms with Gasteiger partial charge in [0, 0.05) is 43.0 Å². The highest BCUT2D eigenvalue weighted by Gasteiger charge is 2.36. The predicted octanol–water partition coefficient (Wildman–Crippen LogP) is 6.26. The third-order valence-corrected chi connectivity index (χ3v) is 8.24. The normalized spacial score (nSPS) is 20.6. The Balaban J connectivity index is 0.000000566. The first kappa shape index (κ1) is 38.1. The number of anilines is 2. The fraction of sp³-hybridized carbons (Fsp3) is 0.611. The number of hydrogen-bond donors (Lipinski definition) is 3. The Bertz CT molecular complexity index is 1040. The average Bonchev–Trinajstić information content (AvgIpc) is 3.44. The van der Waals surface area contributed by atoms with Crippen LogP contribution in [0.15, 0.2) is 54.7 Å². The maximum Gasteiger partial charge on any atom is 0.249 e. The van der Waals surface area contributed by atoms with Crippen molar-refractivity contribution in [2.45, 2.75) is 86.1 Å². The molecular weight excluding hydrogens is 534 g/mol. The fourth-order valence-corrected chi connectivity index (χ4v) is 6.30. The summed E-state index contributed by atoms with van der Waals surface area (Å²) in [5, 5.41) is 8.76. The third kappa shape index (κ3) is 11.6. The molecule has 0 aliphatic carbocycles. The highest BCUT2D eigenvalue weighted by atomic mass is 16.2. The first-order chi connectivity index (χ1) is 20.4. The molecule has 3 fully saturated rings. The van der Waals surface area contributed by atoms with Crippen LogP contribution in [0.2, 0.25) is 0 Å². The lowest BCUT2D eigenvalue weighted by atomic mass is 9.79. The Morgan fingerprint density at radius 2 is 1.53 bits per heavy atom. The Kier molecular flexibility index (Phi) is 18.5. The lowest BCUT2D eigenvalue weighted by Crippen LogP contribution is -2.52. The lowest BCUT2D eigenvalue weighted by molar-refractivity contribution is -0.134. The molecule has 1 aromatic carbocycles. The summed E-state index contributed by atoms with van der Waals surface area (Å²) in [5.41, 5.74) is 5.03. The molecule has 4 aliphatic heterocycles. The van der Waals surface area contributed by atoms with Crippen LogP contribution in [0, 0.1) is 11.8 Å². The zero-order valence-corrected chi connectivity index (χ0v) is 27.2. The van der Waals surface area contributed by atoms with Gasteiger partial charge in [-0.15, -0.1) is 0 Å². The van der Waals surface area contributed by atoms with Gasteiger partial charge in [-0.25, -0.2) is 0 Å². The van der Waals surface area contributed by atoms with Crippen molar-refractivity contribution in [2.24, 2.45) is 11.8 Å². The van der Waals surface area contributed by atoms with Crippen molar-refractivity contribution in [3.8, 4) is 0 Å². The number of amides is 2. The van der Waals surface area contributed by atoms with Crippen molar-refractivity contribution in [1.29, 1.82) is 0 Å². The third-order valence-electron chi connectivity index (χ3n) is 8.24. The van der Waals surface area contributed by atoms with E-state index in [1.165, 1.54) is 55.7 Å². The van der Waals surface area contributed by atoms with E-state index in [2.05, 4.69) is 50.5 Å². The van der Waals surface area contributed by atoms with E-state index < -0.39 is 0 Å². The number of nitrogens with one attached hydrogen (secondary N) is 3. The summed E-state index contributed by atoms with van der Waals surface area (Å²) in [4.78, 5) is 28.7. The molecule has 0 aromatic heterocycles. The van der Waals surface area contributed by atoms with Gasteiger partial charge in [0.05, 0.1) is 0 Å². The first-order valence-electron chi connectivity index (χ1n) is 16.1. The summed E-state index contributed by atoms with van der Waals surface area (Å²) in [6.07, 6.45) is 15.2. The van der Waals surface area contributed by atoms with Gasteiger partial charge in [0.1, 0.15) is 6.04 Å². The molecule has 3 saturated heterocycles. The van der Waals surface area contributed by atoms with Crippen LogP contribution in [0.25, 0.3) is 0 Å². The zero-order valence-electron chi connectivity index (χ0n) is 27.2. The SMILES string of the molecule is C.C=C(C)/C=C\C=C/C.CC.CNC.O=C1CCC(N2CCc3c(N4CCC(C5CCNCC5)CC4)cccc32)C(=O)N1. The summed E-state index contributed by atoms with van der Waals surface area (Å²) in [5.74, 6) is 1.51.